The van der Waals surface area contributed by atoms with Gasteiger partial charge < -0.3 is 9.84 Å². The fourth-order valence-corrected chi connectivity index (χ4v) is 4.88. The summed E-state index contributed by atoms with van der Waals surface area (Å²) >= 11 is 2.77. The fraction of sp³-hybridized carbons (Fsp3) is 0.333. The van der Waals surface area contributed by atoms with Crippen molar-refractivity contribution in [2.75, 3.05) is 0 Å². The Bertz CT molecular complexity index is 1150. The van der Waals surface area contributed by atoms with Gasteiger partial charge in [0.25, 0.3) is 0 Å². The molecule has 0 aliphatic rings. The Morgan fingerprint density at radius 2 is 1.85 bits per heavy atom. The topological polar surface area (TPSA) is 59.4 Å². The molecule has 4 nitrogen and oxygen atoms in total. The number of thiazole rings is 1. The van der Waals surface area contributed by atoms with Crippen LogP contribution >= 0.6 is 23.1 Å². The second-order valence-electron chi connectivity index (χ2n) is 7.03. The summed E-state index contributed by atoms with van der Waals surface area (Å²) in [7, 11) is 0. The van der Waals surface area contributed by atoms with Crippen LogP contribution < -0.4 is 4.74 Å². The molecule has 0 saturated heterocycles. The molecule has 3 rings (SSSR count). The van der Waals surface area contributed by atoms with Gasteiger partial charge in [-0.15, -0.1) is 23.1 Å². The summed E-state index contributed by atoms with van der Waals surface area (Å²) in [6.07, 6.45) is -5.73. The lowest BCUT2D eigenvalue weighted by Gasteiger charge is -2.13. The third kappa shape index (κ3) is 6.96. The Kier molecular flexibility index (Phi) is 9.52. The van der Waals surface area contributed by atoms with Gasteiger partial charge in [0, 0.05) is 21.1 Å². The maximum atomic E-state index is 13.9. The number of rotatable bonds is 7. The number of nitrogens with zero attached hydrogens (tertiary/aromatic N) is 1. The van der Waals surface area contributed by atoms with E-state index in [0.717, 1.165) is 27.5 Å². The van der Waals surface area contributed by atoms with Crippen molar-refractivity contribution in [2.24, 2.45) is 0 Å². The van der Waals surface area contributed by atoms with E-state index in [9.17, 15) is 22.4 Å². The molecule has 0 amide bonds. The minimum atomic E-state index is -4.75. The zero-order valence-electron chi connectivity index (χ0n) is 19.3. The molecule has 3 aromatic rings. The summed E-state index contributed by atoms with van der Waals surface area (Å²) < 4.78 is 57.8. The second kappa shape index (κ2) is 11.7. The van der Waals surface area contributed by atoms with Crippen molar-refractivity contribution in [1.82, 2.24) is 4.98 Å². The number of carboxylic acids is 1. The molecule has 0 aliphatic carbocycles. The highest BCUT2D eigenvalue weighted by Crippen LogP contribution is 2.37. The van der Waals surface area contributed by atoms with Crippen molar-refractivity contribution >= 4 is 29.1 Å². The molecular formula is C24H25F4NO3S2. The number of aromatic nitrogens is 1. The number of aryl methyl sites for hydroxylation is 2. The third-order valence-electron chi connectivity index (χ3n) is 4.60. The first-order valence-corrected chi connectivity index (χ1v) is 12.2. The molecular weight excluding hydrogens is 490 g/mol. The molecule has 0 radical (unpaired) electrons. The number of alkyl halides is 3. The number of carboxylic acid groups (broad SMARTS) is 1. The fourth-order valence-electron chi connectivity index (χ4n) is 2.75. The van der Waals surface area contributed by atoms with Crippen LogP contribution in [0.5, 0.6) is 5.75 Å². The number of thioether (sulfide) groups is 1. The Hall–Kier alpha value is -2.59. The van der Waals surface area contributed by atoms with E-state index in [1.807, 2.05) is 32.9 Å². The molecule has 0 fully saturated rings. The molecule has 1 aromatic heterocycles. The normalized spacial score (nSPS) is 12.0. The van der Waals surface area contributed by atoms with Gasteiger partial charge in [-0.2, -0.15) is 13.2 Å². The van der Waals surface area contributed by atoms with Crippen molar-refractivity contribution in [3.8, 4) is 16.3 Å². The molecule has 10 heteroatoms. The lowest BCUT2D eigenvalue weighted by molar-refractivity contribution is -0.144. The minimum Gasteiger partial charge on any atom is -0.479 e. The van der Waals surface area contributed by atoms with Crippen molar-refractivity contribution < 1.29 is 32.2 Å². The predicted octanol–water partition coefficient (Wildman–Crippen LogP) is 7.76. The lowest BCUT2D eigenvalue weighted by atomic mass is 10.1. The van der Waals surface area contributed by atoms with Crippen LogP contribution in [0.15, 0.2) is 41.3 Å². The molecule has 0 saturated carbocycles. The summed E-state index contributed by atoms with van der Waals surface area (Å²) in [5.74, 6) is -1.38. The maximum absolute atomic E-state index is 13.9. The van der Waals surface area contributed by atoms with E-state index in [4.69, 9.17) is 9.84 Å². The van der Waals surface area contributed by atoms with Gasteiger partial charge in [0.1, 0.15) is 16.6 Å². The average molecular weight is 516 g/mol. The zero-order chi connectivity index (χ0) is 25.6. The Labute approximate surface area is 204 Å². The van der Waals surface area contributed by atoms with Crippen LogP contribution in [0.1, 0.15) is 42.5 Å². The van der Waals surface area contributed by atoms with Crippen molar-refractivity contribution in [1.29, 1.82) is 0 Å². The standard InChI is InChI=1S/C22H19F4NO3S2.C2H6/c1-11-4-6-15(9-18(11)30-13(3)21(28)29)31-10-19-12(2)27-20(32-19)14-5-7-16(17(23)8-14)22(24,25)26;1-2/h4-9,13H,10H2,1-3H3,(H,28,29);1-2H3. The van der Waals surface area contributed by atoms with Crippen LogP contribution in [0.2, 0.25) is 0 Å². The number of hydrogen-bond donors (Lipinski definition) is 1. The van der Waals surface area contributed by atoms with Crippen molar-refractivity contribution in [3.63, 3.8) is 0 Å². The largest absolute Gasteiger partial charge is 0.479 e. The zero-order valence-corrected chi connectivity index (χ0v) is 20.9. The summed E-state index contributed by atoms with van der Waals surface area (Å²) in [4.78, 5) is 17.2. The number of hydrogen-bond acceptors (Lipinski definition) is 5. The second-order valence-corrected chi connectivity index (χ2v) is 9.17. The van der Waals surface area contributed by atoms with E-state index in [1.54, 1.807) is 13.0 Å². The highest BCUT2D eigenvalue weighted by molar-refractivity contribution is 7.98. The number of carbonyl (C=O) groups is 1. The van der Waals surface area contributed by atoms with Gasteiger partial charge in [-0.05, 0) is 50.6 Å². The quantitative estimate of drug-likeness (QED) is 0.257. The summed E-state index contributed by atoms with van der Waals surface area (Å²) in [5.41, 5.74) is 0.498. The first-order valence-electron chi connectivity index (χ1n) is 10.4. The van der Waals surface area contributed by atoms with Gasteiger partial charge in [0.05, 0.1) is 11.3 Å². The molecule has 0 aliphatic heterocycles. The monoisotopic (exact) mass is 515 g/mol. The Balaban J connectivity index is 0.00000199. The summed E-state index contributed by atoms with van der Waals surface area (Å²) in [6, 6.07) is 8.28. The van der Waals surface area contributed by atoms with Gasteiger partial charge >= 0.3 is 12.1 Å². The number of aliphatic carboxylic acids is 1. The van der Waals surface area contributed by atoms with E-state index in [2.05, 4.69) is 4.98 Å². The highest BCUT2D eigenvalue weighted by Gasteiger charge is 2.34. The van der Waals surface area contributed by atoms with Gasteiger partial charge in [0.2, 0.25) is 0 Å². The van der Waals surface area contributed by atoms with Crippen LogP contribution in [0.4, 0.5) is 17.6 Å². The molecule has 1 unspecified atom stereocenters. The first kappa shape index (κ1) is 27.7. The molecule has 1 heterocycles. The third-order valence-corrected chi connectivity index (χ3v) is 7.00. The molecule has 0 spiro atoms. The van der Waals surface area contributed by atoms with E-state index < -0.39 is 29.6 Å². The van der Waals surface area contributed by atoms with Crippen molar-refractivity contribution in [3.05, 3.63) is 63.9 Å². The maximum Gasteiger partial charge on any atom is 0.419 e. The Morgan fingerprint density at radius 1 is 1.18 bits per heavy atom. The summed E-state index contributed by atoms with van der Waals surface area (Å²) in [6.45, 7) is 9.06. The number of ether oxygens (including phenoxy) is 1. The highest BCUT2D eigenvalue weighted by atomic mass is 32.2. The van der Waals surface area contributed by atoms with Gasteiger partial charge in [-0.1, -0.05) is 26.0 Å². The predicted molar refractivity (Wildman–Crippen MR) is 127 cm³/mol. The molecule has 2 aromatic carbocycles. The molecule has 0 bridgehead atoms. The summed E-state index contributed by atoms with van der Waals surface area (Å²) in [5, 5.41) is 9.48. The van der Waals surface area contributed by atoms with Crippen LogP contribution in [-0.4, -0.2) is 22.2 Å². The van der Waals surface area contributed by atoms with Crippen LogP contribution in [0.25, 0.3) is 10.6 Å². The minimum absolute atomic E-state index is 0.286. The molecule has 184 valence electrons. The Morgan fingerprint density at radius 3 is 2.44 bits per heavy atom. The lowest BCUT2D eigenvalue weighted by Crippen LogP contribution is -2.23. The first-order chi connectivity index (χ1) is 16.0. The van der Waals surface area contributed by atoms with E-state index in [1.165, 1.54) is 36.1 Å². The van der Waals surface area contributed by atoms with Crippen molar-refractivity contribution in [2.45, 2.75) is 57.5 Å². The smallest absolute Gasteiger partial charge is 0.419 e. The van der Waals surface area contributed by atoms with Crippen LogP contribution in [0, 0.1) is 19.7 Å². The SMILES string of the molecule is CC.Cc1ccc(SCc2sc(-c3ccc(C(F)(F)F)c(F)c3)nc2C)cc1OC(C)C(=O)O. The van der Waals surface area contributed by atoms with E-state index in [-0.39, 0.29) is 5.56 Å². The van der Waals surface area contributed by atoms with Gasteiger partial charge in [0.15, 0.2) is 6.10 Å². The van der Waals surface area contributed by atoms with Gasteiger partial charge in [-0.25, -0.2) is 14.2 Å². The number of benzene rings is 2. The average Bonchev–Trinajstić information content (AvgIpc) is 3.15. The molecule has 34 heavy (non-hydrogen) atoms. The van der Waals surface area contributed by atoms with Crippen LogP contribution in [-0.2, 0) is 16.7 Å². The number of halogens is 4. The van der Waals surface area contributed by atoms with Gasteiger partial charge in [-0.3, -0.25) is 0 Å². The molecule has 1 N–H and O–H groups in total. The van der Waals surface area contributed by atoms with E-state index in [0.29, 0.717) is 22.2 Å². The van der Waals surface area contributed by atoms with Crippen LogP contribution in [0.3, 0.4) is 0 Å². The molecule has 1 atom stereocenters. The van der Waals surface area contributed by atoms with E-state index >= 15 is 0 Å².